The van der Waals surface area contributed by atoms with Gasteiger partial charge in [-0.05, 0) is 57.3 Å². The van der Waals surface area contributed by atoms with E-state index in [0.29, 0.717) is 29.1 Å². The summed E-state index contributed by atoms with van der Waals surface area (Å²) in [6.07, 6.45) is 2.05. The summed E-state index contributed by atoms with van der Waals surface area (Å²) in [4.78, 5) is 31.2. The van der Waals surface area contributed by atoms with Gasteiger partial charge >= 0.3 is 5.97 Å². The zero-order chi connectivity index (χ0) is 19.4. The van der Waals surface area contributed by atoms with Gasteiger partial charge in [-0.2, -0.15) is 0 Å². The highest BCUT2D eigenvalue weighted by atomic mass is 32.2. The van der Waals surface area contributed by atoms with Crippen LogP contribution >= 0.6 is 11.8 Å². The average molecular weight is 375 g/mol. The number of benzene rings is 1. The van der Waals surface area contributed by atoms with Gasteiger partial charge in [-0.3, -0.25) is 9.69 Å². The van der Waals surface area contributed by atoms with Gasteiger partial charge in [0.1, 0.15) is 0 Å². The van der Waals surface area contributed by atoms with Crippen LogP contribution in [0.2, 0.25) is 0 Å². The van der Waals surface area contributed by atoms with Crippen molar-refractivity contribution in [3.05, 3.63) is 52.3 Å². The normalized spacial score (nSPS) is 12.3. The average Bonchev–Trinajstić information content (AvgIpc) is 2.94. The number of hydrogen-bond donors (Lipinski definition) is 1. The van der Waals surface area contributed by atoms with Crippen molar-refractivity contribution >= 4 is 23.5 Å². The van der Waals surface area contributed by atoms with Gasteiger partial charge in [0.2, 0.25) is 0 Å². The summed E-state index contributed by atoms with van der Waals surface area (Å²) in [5, 5.41) is 0. The van der Waals surface area contributed by atoms with E-state index in [2.05, 4.69) is 29.2 Å². The molecule has 0 bridgehead atoms. The Morgan fingerprint density at radius 1 is 1.23 bits per heavy atom. The maximum atomic E-state index is 12.9. The van der Waals surface area contributed by atoms with Gasteiger partial charge < -0.3 is 9.72 Å². The lowest BCUT2D eigenvalue weighted by molar-refractivity contribution is 0.0599. The molecule has 0 spiro atoms. The molecule has 140 valence electrons. The quantitative estimate of drug-likeness (QED) is 0.453. The third-order valence-electron chi connectivity index (χ3n) is 4.71. The second kappa shape index (κ2) is 8.56. The molecule has 0 fully saturated rings. The molecule has 1 unspecified atom stereocenters. The Balaban J connectivity index is 2.16. The van der Waals surface area contributed by atoms with Crippen molar-refractivity contribution in [1.29, 1.82) is 0 Å². The van der Waals surface area contributed by atoms with E-state index < -0.39 is 5.97 Å². The van der Waals surface area contributed by atoms with E-state index in [0.717, 1.165) is 5.56 Å². The fourth-order valence-corrected chi connectivity index (χ4v) is 3.38. The van der Waals surface area contributed by atoms with E-state index in [1.165, 1.54) is 12.0 Å². The number of aryl methyl sites for hydroxylation is 1. The predicted octanol–water partition coefficient (Wildman–Crippen LogP) is 3.84. The van der Waals surface area contributed by atoms with Crippen LogP contribution in [0, 0.1) is 13.8 Å². The molecule has 1 N–H and O–H groups in total. The Morgan fingerprint density at radius 3 is 2.38 bits per heavy atom. The Morgan fingerprint density at radius 2 is 1.85 bits per heavy atom. The molecule has 0 aliphatic rings. The number of H-pyrrole nitrogens is 1. The molecule has 2 aromatic rings. The summed E-state index contributed by atoms with van der Waals surface area (Å²) in [5.41, 5.74) is 3.36. The number of carbonyl (C=O) groups is 2. The van der Waals surface area contributed by atoms with Gasteiger partial charge in [-0.1, -0.05) is 12.1 Å². The maximum Gasteiger partial charge on any atom is 0.339 e. The summed E-state index contributed by atoms with van der Waals surface area (Å²) < 4.78 is 4.81. The number of nitrogens with zero attached hydrogens (tertiary/aromatic N) is 1. The van der Waals surface area contributed by atoms with Gasteiger partial charge in [0.25, 0.3) is 0 Å². The highest BCUT2D eigenvalue weighted by Gasteiger charge is 2.27. The van der Waals surface area contributed by atoms with Crippen LogP contribution in [0.3, 0.4) is 0 Å². The molecule has 0 aliphatic carbocycles. The number of thioether (sulfide) groups is 1. The number of esters is 1. The van der Waals surface area contributed by atoms with Crippen LogP contribution in [0.5, 0.6) is 0 Å². The summed E-state index contributed by atoms with van der Waals surface area (Å²) >= 11 is 1.70. The number of ether oxygens (including phenoxy) is 1. The summed E-state index contributed by atoms with van der Waals surface area (Å²) in [5.74, 6) is -0.464. The Labute approximate surface area is 159 Å². The number of carbonyl (C=O) groups excluding carboxylic acids is 2. The van der Waals surface area contributed by atoms with Crippen molar-refractivity contribution in [2.45, 2.75) is 38.3 Å². The van der Waals surface area contributed by atoms with E-state index in [1.54, 1.807) is 25.6 Å². The van der Waals surface area contributed by atoms with Crippen molar-refractivity contribution in [3.8, 4) is 0 Å². The molecule has 6 heteroatoms. The number of ketones is 1. The first kappa shape index (κ1) is 20.3. The van der Waals surface area contributed by atoms with E-state index in [9.17, 15) is 9.59 Å². The zero-order valence-electron chi connectivity index (χ0n) is 16.2. The lowest BCUT2D eigenvalue weighted by Crippen LogP contribution is -2.36. The van der Waals surface area contributed by atoms with Crippen LogP contribution in [0.25, 0.3) is 0 Å². The Bertz CT molecular complexity index is 796. The van der Waals surface area contributed by atoms with Crippen molar-refractivity contribution < 1.29 is 14.3 Å². The van der Waals surface area contributed by atoms with Gasteiger partial charge in [-0.25, -0.2) is 4.79 Å². The number of Topliss-reactive ketones (excluding diaryl/α,β-unsaturated/α-hetero) is 1. The van der Waals surface area contributed by atoms with Crippen LogP contribution in [0.4, 0.5) is 0 Å². The number of aromatic nitrogens is 1. The molecule has 1 atom stereocenters. The largest absolute Gasteiger partial charge is 0.465 e. The van der Waals surface area contributed by atoms with Gasteiger partial charge in [0.15, 0.2) is 5.78 Å². The first-order chi connectivity index (χ1) is 12.3. The standard InChI is InChI=1S/C20H26N2O3S/c1-12-17(20(24)25-5)13(2)21-18(12)19(23)14(3)22(4)11-15-7-9-16(26-6)10-8-15/h7-10,14,21H,11H2,1-6H3. The van der Waals surface area contributed by atoms with Crippen LogP contribution in [-0.4, -0.2) is 48.1 Å². The smallest absolute Gasteiger partial charge is 0.339 e. The van der Waals surface area contributed by atoms with Crippen LogP contribution in [-0.2, 0) is 11.3 Å². The van der Waals surface area contributed by atoms with Gasteiger partial charge in [0.05, 0.1) is 24.4 Å². The maximum absolute atomic E-state index is 12.9. The van der Waals surface area contributed by atoms with Crippen molar-refractivity contribution in [2.24, 2.45) is 0 Å². The van der Waals surface area contributed by atoms with E-state index in [1.807, 2.05) is 25.1 Å². The number of hydrogen-bond acceptors (Lipinski definition) is 5. The Hall–Kier alpha value is -2.05. The summed E-state index contributed by atoms with van der Waals surface area (Å²) in [7, 11) is 3.27. The van der Waals surface area contributed by atoms with Crippen LogP contribution in [0.15, 0.2) is 29.2 Å². The lowest BCUT2D eigenvalue weighted by Gasteiger charge is -2.23. The van der Waals surface area contributed by atoms with Crippen molar-refractivity contribution in [2.75, 3.05) is 20.4 Å². The number of likely N-dealkylation sites (N-methyl/N-ethyl adjacent to an activating group) is 1. The SMILES string of the molecule is COC(=O)c1c(C)[nH]c(C(=O)C(C)N(C)Cc2ccc(SC)cc2)c1C. The fourth-order valence-electron chi connectivity index (χ4n) is 2.97. The van der Waals surface area contributed by atoms with Crippen molar-refractivity contribution in [1.82, 2.24) is 9.88 Å². The number of aromatic amines is 1. The van der Waals surface area contributed by atoms with Crippen LogP contribution < -0.4 is 0 Å². The molecule has 0 saturated carbocycles. The molecule has 1 aromatic carbocycles. The third-order valence-corrected chi connectivity index (χ3v) is 5.45. The third kappa shape index (κ3) is 4.19. The minimum absolute atomic E-state index is 0.0380. The zero-order valence-corrected chi connectivity index (χ0v) is 17.0. The first-order valence-electron chi connectivity index (χ1n) is 8.45. The fraction of sp³-hybridized carbons (Fsp3) is 0.400. The second-order valence-corrected chi connectivity index (χ2v) is 7.30. The molecule has 2 rings (SSSR count). The van der Waals surface area contributed by atoms with Crippen molar-refractivity contribution in [3.63, 3.8) is 0 Å². The first-order valence-corrected chi connectivity index (χ1v) is 9.67. The molecule has 0 amide bonds. The Kier molecular flexibility index (Phi) is 6.67. The van der Waals surface area contributed by atoms with E-state index in [-0.39, 0.29) is 11.8 Å². The molecule has 0 saturated heterocycles. The summed E-state index contributed by atoms with van der Waals surface area (Å²) in [6, 6.07) is 8.01. The minimum atomic E-state index is -0.426. The number of nitrogens with one attached hydrogen (secondary N) is 1. The summed E-state index contributed by atoms with van der Waals surface area (Å²) in [6.45, 7) is 6.10. The number of rotatable bonds is 7. The topological polar surface area (TPSA) is 62.4 Å². The predicted molar refractivity (Wildman–Crippen MR) is 105 cm³/mol. The van der Waals surface area contributed by atoms with Gasteiger partial charge in [-0.15, -0.1) is 11.8 Å². The monoisotopic (exact) mass is 374 g/mol. The molecule has 0 radical (unpaired) electrons. The molecule has 26 heavy (non-hydrogen) atoms. The molecule has 1 aromatic heterocycles. The lowest BCUT2D eigenvalue weighted by atomic mass is 10.0. The second-order valence-electron chi connectivity index (χ2n) is 6.42. The molecule has 1 heterocycles. The highest BCUT2D eigenvalue weighted by Crippen LogP contribution is 2.22. The molecular weight excluding hydrogens is 348 g/mol. The molecular formula is C20H26N2O3S. The van der Waals surface area contributed by atoms with E-state index >= 15 is 0 Å². The van der Waals surface area contributed by atoms with E-state index in [4.69, 9.17) is 4.74 Å². The van der Waals surface area contributed by atoms with Gasteiger partial charge in [0, 0.05) is 17.1 Å². The van der Waals surface area contributed by atoms with Crippen LogP contribution in [0.1, 0.15) is 44.6 Å². The molecule has 5 nitrogen and oxygen atoms in total. The molecule has 0 aliphatic heterocycles. The minimum Gasteiger partial charge on any atom is -0.465 e. The number of methoxy groups -OCH3 is 1. The highest BCUT2D eigenvalue weighted by molar-refractivity contribution is 7.98.